The van der Waals surface area contributed by atoms with E-state index in [1.54, 1.807) is 36.4 Å². The number of carbonyl (C=O) groups is 4. The van der Waals surface area contributed by atoms with E-state index in [4.69, 9.17) is 15.2 Å². The number of urea groups is 1. The smallest absolute Gasteiger partial charge is 0.339 e. The van der Waals surface area contributed by atoms with E-state index in [0.29, 0.717) is 24.2 Å². The monoisotopic (exact) mass is 455 g/mol. The van der Waals surface area contributed by atoms with Crippen LogP contribution in [0.4, 0.5) is 4.79 Å². The number of ether oxygens (including phenoxy) is 2. The van der Waals surface area contributed by atoms with E-state index in [-0.39, 0.29) is 25.5 Å². The van der Waals surface area contributed by atoms with Crippen molar-refractivity contribution in [2.45, 2.75) is 31.4 Å². The number of nitrogens with two attached hydrogens (primary N) is 1. The second-order valence-corrected chi connectivity index (χ2v) is 7.50. The first kappa shape index (κ1) is 23.6. The molecule has 1 aliphatic rings. The van der Waals surface area contributed by atoms with Gasteiger partial charge in [0.1, 0.15) is 17.9 Å². The molecule has 0 bridgehead atoms. The molecule has 1 heterocycles. The normalized spacial score (nSPS) is 15.5. The maximum atomic E-state index is 12.2. The molecule has 0 fully saturated rings. The fourth-order valence-electron chi connectivity index (χ4n) is 3.46. The van der Waals surface area contributed by atoms with Gasteiger partial charge in [-0.1, -0.05) is 30.3 Å². The fraction of sp³-hybridized carbons (Fsp3) is 0.304. The van der Waals surface area contributed by atoms with E-state index in [1.165, 1.54) is 0 Å². The predicted octanol–water partition coefficient (Wildman–Crippen LogP) is 1.54. The number of aliphatic carboxylic acids is 1. The Morgan fingerprint density at radius 3 is 2.58 bits per heavy atom. The van der Waals surface area contributed by atoms with Crippen molar-refractivity contribution in [2.75, 3.05) is 13.2 Å². The molecule has 0 radical (unpaired) electrons. The first-order valence-corrected chi connectivity index (χ1v) is 10.4. The highest BCUT2D eigenvalue weighted by molar-refractivity contribution is 5.92. The molecule has 3 rings (SSSR count). The third-order valence-corrected chi connectivity index (χ3v) is 5.12. The zero-order valence-corrected chi connectivity index (χ0v) is 17.8. The van der Waals surface area contributed by atoms with E-state index >= 15 is 0 Å². The summed E-state index contributed by atoms with van der Waals surface area (Å²) in [5, 5.41) is 14.0. The first-order valence-electron chi connectivity index (χ1n) is 10.4. The summed E-state index contributed by atoms with van der Waals surface area (Å²) in [6, 6.07) is 12.3. The van der Waals surface area contributed by atoms with Crippen molar-refractivity contribution in [3.63, 3.8) is 0 Å². The van der Waals surface area contributed by atoms with E-state index in [1.807, 2.05) is 12.1 Å². The van der Waals surface area contributed by atoms with Crippen molar-refractivity contribution in [2.24, 2.45) is 5.73 Å². The number of amides is 3. The lowest BCUT2D eigenvalue weighted by atomic mass is 9.95. The highest BCUT2D eigenvalue weighted by Gasteiger charge is 2.27. The van der Waals surface area contributed by atoms with Crippen LogP contribution in [0.5, 0.6) is 5.75 Å². The van der Waals surface area contributed by atoms with Gasteiger partial charge >= 0.3 is 18.0 Å². The summed E-state index contributed by atoms with van der Waals surface area (Å²) in [4.78, 5) is 46.3. The maximum absolute atomic E-state index is 12.2. The van der Waals surface area contributed by atoms with Crippen LogP contribution >= 0.6 is 0 Å². The van der Waals surface area contributed by atoms with Gasteiger partial charge in [0.25, 0.3) is 5.91 Å². The molecule has 3 amide bonds. The van der Waals surface area contributed by atoms with Crippen molar-refractivity contribution in [1.82, 2.24) is 10.6 Å². The van der Waals surface area contributed by atoms with Gasteiger partial charge in [0.2, 0.25) is 0 Å². The molecule has 0 aliphatic carbocycles. The lowest BCUT2D eigenvalue weighted by molar-refractivity contribution is -0.142. The Bertz CT molecular complexity index is 1020. The number of primary amides is 1. The van der Waals surface area contributed by atoms with Crippen LogP contribution in [0.2, 0.25) is 0 Å². The van der Waals surface area contributed by atoms with Crippen LogP contribution in [0.25, 0.3) is 0 Å². The van der Waals surface area contributed by atoms with Crippen molar-refractivity contribution >= 4 is 23.9 Å². The summed E-state index contributed by atoms with van der Waals surface area (Å²) in [7, 11) is 0. The van der Waals surface area contributed by atoms with Gasteiger partial charge in [0, 0.05) is 13.0 Å². The Balaban J connectivity index is 1.49. The van der Waals surface area contributed by atoms with Crippen LogP contribution in [0.1, 0.15) is 40.4 Å². The molecular weight excluding hydrogens is 430 g/mol. The zero-order valence-electron chi connectivity index (χ0n) is 17.8. The lowest BCUT2D eigenvalue weighted by Gasteiger charge is -2.25. The van der Waals surface area contributed by atoms with Gasteiger partial charge in [-0.05, 0) is 42.2 Å². The average molecular weight is 455 g/mol. The highest BCUT2D eigenvalue weighted by Crippen LogP contribution is 2.31. The molecule has 10 heteroatoms. The molecule has 1 aliphatic heterocycles. The van der Waals surface area contributed by atoms with Crippen molar-refractivity contribution in [3.8, 4) is 5.75 Å². The minimum atomic E-state index is -1.18. The molecule has 33 heavy (non-hydrogen) atoms. The van der Waals surface area contributed by atoms with Crippen LogP contribution in [0.15, 0.2) is 48.5 Å². The number of hydrogen-bond donors (Lipinski definition) is 4. The minimum Gasteiger partial charge on any atom is -0.484 e. The molecule has 0 unspecified atom stereocenters. The summed E-state index contributed by atoms with van der Waals surface area (Å²) in [5.41, 5.74) is 7.24. The predicted molar refractivity (Wildman–Crippen MR) is 117 cm³/mol. The molecule has 0 saturated carbocycles. The van der Waals surface area contributed by atoms with Crippen molar-refractivity contribution in [1.29, 1.82) is 0 Å². The Morgan fingerprint density at radius 1 is 1.15 bits per heavy atom. The van der Waals surface area contributed by atoms with E-state index in [0.717, 1.165) is 11.1 Å². The average Bonchev–Trinajstić information content (AvgIpc) is 2.79. The summed E-state index contributed by atoms with van der Waals surface area (Å²) >= 11 is 0. The van der Waals surface area contributed by atoms with Crippen LogP contribution in [0.3, 0.4) is 0 Å². The number of rotatable bonds is 10. The largest absolute Gasteiger partial charge is 0.484 e. The van der Waals surface area contributed by atoms with E-state index < -0.39 is 30.1 Å². The van der Waals surface area contributed by atoms with Gasteiger partial charge in [0.15, 0.2) is 6.61 Å². The topological polar surface area (TPSA) is 157 Å². The number of benzene rings is 2. The van der Waals surface area contributed by atoms with Crippen LogP contribution in [-0.2, 0) is 20.7 Å². The molecule has 0 saturated heterocycles. The van der Waals surface area contributed by atoms with Gasteiger partial charge in [-0.25, -0.2) is 14.4 Å². The van der Waals surface area contributed by atoms with Gasteiger partial charge in [0.05, 0.1) is 5.56 Å². The quantitative estimate of drug-likeness (QED) is 0.313. The summed E-state index contributed by atoms with van der Waals surface area (Å²) < 4.78 is 11.0. The molecule has 2 atom stereocenters. The molecule has 10 nitrogen and oxygen atoms in total. The fourth-order valence-corrected chi connectivity index (χ4v) is 3.46. The number of hydrogen-bond acceptors (Lipinski definition) is 6. The van der Waals surface area contributed by atoms with Crippen LogP contribution in [0, 0.1) is 0 Å². The maximum Gasteiger partial charge on any atom is 0.339 e. The Labute approximate surface area is 190 Å². The number of cyclic esters (lactones) is 1. The molecule has 5 N–H and O–H groups in total. The van der Waals surface area contributed by atoms with Gasteiger partial charge in [-0.3, -0.25) is 4.79 Å². The van der Waals surface area contributed by atoms with Gasteiger partial charge < -0.3 is 30.9 Å². The zero-order chi connectivity index (χ0) is 23.8. The molecule has 2 aromatic rings. The first-order chi connectivity index (χ1) is 15.8. The second kappa shape index (κ2) is 11.0. The molecule has 2 aromatic carbocycles. The standard InChI is InChI=1S/C23H25N3O7/c24-23(31)25-11-3-6-18(21(28)29)26-20(27)13-32-16-9-7-14(8-10-16)19-12-15-4-1-2-5-17(15)22(30)33-19/h1-2,4-5,7-10,18-19H,3,6,11-13H2,(H,26,27)(H,28,29)(H3,24,25,31)/t18-,19+/m0/s1. The summed E-state index contributed by atoms with van der Waals surface area (Å²) in [5.74, 6) is -1.73. The summed E-state index contributed by atoms with van der Waals surface area (Å²) in [6.45, 7) is -0.159. The Hall–Kier alpha value is -4.08. The van der Waals surface area contributed by atoms with E-state index in [9.17, 15) is 24.3 Å². The van der Waals surface area contributed by atoms with Crippen molar-refractivity contribution < 1.29 is 33.8 Å². The third kappa shape index (κ3) is 6.70. The van der Waals surface area contributed by atoms with Crippen LogP contribution in [-0.4, -0.2) is 48.2 Å². The summed E-state index contributed by atoms with van der Waals surface area (Å²) in [6.07, 6.45) is 0.610. The number of carboxylic acid groups (broad SMARTS) is 1. The number of esters is 1. The lowest BCUT2D eigenvalue weighted by Crippen LogP contribution is -2.43. The van der Waals surface area contributed by atoms with Gasteiger partial charge in [-0.2, -0.15) is 0 Å². The SMILES string of the molecule is NC(=O)NCCC[C@H](NC(=O)COc1ccc([C@H]2Cc3ccccc3C(=O)O2)cc1)C(=O)O. The number of nitrogens with one attached hydrogen (secondary N) is 2. The highest BCUT2D eigenvalue weighted by atomic mass is 16.5. The van der Waals surface area contributed by atoms with Gasteiger partial charge in [-0.15, -0.1) is 0 Å². The number of carbonyl (C=O) groups excluding carboxylic acids is 3. The molecule has 0 aromatic heterocycles. The number of fused-ring (bicyclic) bond motifs is 1. The van der Waals surface area contributed by atoms with Crippen molar-refractivity contribution in [3.05, 3.63) is 65.2 Å². The number of carboxylic acids is 1. The Morgan fingerprint density at radius 2 is 1.88 bits per heavy atom. The van der Waals surface area contributed by atoms with Crippen LogP contribution < -0.4 is 21.1 Å². The molecule has 0 spiro atoms. The minimum absolute atomic E-state index is 0.124. The Kier molecular flexibility index (Phi) is 7.85. The van der Waals surface area contributed by atoms with E-state index in [2.05, 4.69) is 10.6 Å². The second-order valence-electron chi connectivity index (χ2n) is 7.50. The third-order valence-electron chi connectivity index (χ3n) is 5.12. The molecule has 174 valence electrons. The molecular formula is C23H25N3O7.